The monoisotopic (exact) mass is 592 g/mol. The minimum atomic E-state index is -3.96. The van der Waals surface area contributed by atoms with Gasteiger partial charge in [-0.3, -0.25) is 8.98 Å². The molecule has 1 saturated heterocycles. The third kappa shape index (κ3) is 6.02. The molecule has 5 rings (SSSR count). The highest BCUT2D eigenvalue weighted by Gasteiger charge is 2.39. The molecule has 1 saturated carbocycles. The molecule has 1 aliphatic carbocycles. The molecular formula is C26H29ClN4O6S2. The van der Waals surface area contributed by atoms with Crippen molar-refractivity contribution >= 4 is 44.8 Å². The number of halogens is 1. The maximum atomic E-state index is 13.7. The summed E-state index contributed by atoms with van der Waals surface area (Å²) in [7, 11) is -2.72. The van der Waals surface area contributed by atoms with Crippen molar-refractivity contribution in [1.29, 1.82) is 0 Å². The number of benzene rings is 1. The zero-order valence-electron chi connectivity index (χ0n) is 21.2. The van der Waals surface area contributed by atoms with Crippen molar-refractivity contribution in [2.45, 2.75) is 56.0 Å². The summed E-state index contributed by atoms with van der Waals surface area (Å²) in [5.41, 5.74) is 1.44. The van der Waals surface area contributed by atoms with E-state index in [-0.39, 0.29) is 30.2 Å². The van der Waals surface area contributed by atoms with Crippen molar-refractivity contribution in [3.63, 3.8) is 0 Å². The summed E-state index contributed by atoms with van der Waals surface area (Å²) in [5, 5.41) is 16.1. The molecule has 13 heteroatoms. The molecule has 3 aromatic rings. The first-order valence-electron chi connectivity index (χ1n) is 12.6. The molecule has 0 bridgehead atoms. The fourth-order valence-electron chi connectivity index (χ4n) is 5.17. The highest BCUT2D eigenvalue weighted by molar-refractivity contribution is 7.84. The molecule has 10 nitrogen and oxygen atoms in total. The summed E-state index contributed by atoms with van der Waals surface area (Å²) < 4.78 is 37.0. The summed E-state index contributed by atoms with van der Waals surface area (Å²) in [6, 6.07) is 9.14. The molecular weight excluding hydrogens is 564 g/mol. The van der Waals surface area contributed by atoms with Crippen molar-refractivity contribution in [1.82, 2.24) is 14.7 Å². The number of hydrogen-bond acceptors (Lipinski definition) is 10. The van der Waals surface area contributed by atoms with E-state index in [4.69, 9.17) is 20.5 Å². The minimum absolute atomic E-state index is 0.211. The van der Waals surface area contributed by atoms with Gasteiger partial charge in [0.2, 0.25) is 5.78 Å². The number of anilines is 1. The van der Waals surface area contributed by atoms with Gasteiger partial charge in [0.15, 0.2) is 0 Å². The van der Waals surface area contributed by atoms with Crippen LogP contribution < -0.4 is 10.0 Å². The van der Waals surface area contributed by atoms with E-state index in [1.807, 2.05) is 35.7 Å². The number of hydrogen-bond donors (Lipinski definition) is 3. The van der Waals surface area contributed by atoms with Crippen LogP contribution in [0.5, 0.6) is 0 Å². The van der Waals surface area contributed by atoms with Gasteiger partial charge in [-0.2, -0.15) is 13.1 Å². The Hall–Kier alpha value is -2.45. The molecule has 0 radical (unpaired) electrons. The Labute approximate surface area is 236 Å². The van der Waals surface area contributed by atoms with E-state index in [0.717, 1.165) is 30.4 Å². The molecule has 0 amide bonds. The average Bonchev–Trinajstić information content (AvgIpc) is 3.56. The molecule has 2 aliphatic rings. The Morgan fingerprint density at radius 3 is 2.85 bits per heavy atom. The van der Waals surface area contributed by atoms with Crippen LogP contribution in [0.25, 0.3) is 0 Å². The van der Waals surface area contributed by atoms with Crippen LogP contribution >= 0.6 is 22.9 Å². The molecule has 4 atom stereocenters. The van der Waals surface area contributed by atoms with Gasteiger partial charge in [-0.25, -0.2) is 9.97 Å². The first kappa shape index (κ1) is 28.1. The van der Waals surface area contributed by atoms with Gasteiger partial charge in [0, 0.05) is 30.9 Å². The number of nitrogens with one attached hydrogen (secondary N) is 2. The molecule has 0 spiro atoms. The van der Waals surface area contributed by atoms with Crippen LogP contribution in [0.4, 0.5) is 5.82 Å². The second kappa shape index (κ2) is 11.6. The molecule has 208 valence electrons. The number of ketones is 1. The lowest BCUT2D eigenvalue weighted by Gasteiger charge is -2.37. The highest BCUT2D eigenvalue weighted by Crippen LogP contribution is 2.44. The first-order chi connectivity index (χ1) is 18.7. The summed E-state index contributed by atoms with van der Waals surface area (Å²) >= 11 is 7.63. The van der Waals surface area contributed by atoms with Crippen LogP contribution in [-0.2, 0) is 24.8 Å². The van der Waals surface area contributed by atoms with Crippen molar-refractivity contribution in [3.05, 3.63) is 74.8 Å². The normalized spacial score (nSPS) is 25.5. The number of carbonyl (C=O) groups is 1. The van der Waals surface area contributed by atoms with Crippen molar-refractivity contribution in [2.24, 2.45) is 0 Å². The predicted molar refractivity (Wildman–Crippen MR) is 147 cm³/mol. The van der Waals surface area contributed by atoms with E-state index < -0.39 is 28.1 Å². The molecule has 3 N–H and O–H groups in total. The van der Waals surface area contributed by atoms with E-state index in [1.54, 1.807) is 0 Å². The highest BCUT2D eigenvalue weighted by atomic mass is 35.5. The Balaban J connectivity index is 1.38. The lowest BCUT2D eigenvalue weighted by Crippen LogP contribution is -2.34. The van der Waals surface area contributed by atoms with Crippen LogP contribution in [0.3, 0.4) is 0 Å². The number of thiophene rings is 1. The minimum Gasteiger partial charge on any atom is -0.390 e. The zero-order chi connectivity index (χ0) is 27.6. The van der Waals surface area contributed by atoms with E-state index in [0.29, 0.717) is 22.3 Å². The van der Waals surface area contributed by atoms with Crippen LogP contribution in [0.1, 0.15) is 58.5 Å². The lowest BCUT2D eigenvalue weighted by molar-refractivity contribution is -0.0530. The quantitative estimate of drug-likeness (QED) is 0.318. The van der Waals surface area contributed by atoms with E-state index in [9.17, 15) is 18.3 Å². The number of nitrogens with zero attached hydrogens (tertiary/aromatic N) is 2. The molecule has 0 unspecified atom stereocenters. The number of rotatable bonds is 9. The molecule has 3 heterocycles. The van der Waals surface area contributed by atoms with Crippen LogP contribution in [0.15, 0.2) is 48.2 Å². The van der Waals surface area contributed by atoms with Gasteiger partial charge in [-0.05, 0) is 66.8 Å². The van der Waals surface area contributed by atoms with Crippen molar-refractivity contribution < 1.29 is 27.2 Å². The molecule has 39 heavy (non-hydrogen) atoms. The average molecular weight is 593 g/mol. The van der Waals surface area contributed by atoms with Gasteiger partial charge in [0.1, 0.15) is 23.9 Å². The maximum absolute atomic E-state index is 13.7. The molecule has 2 fully saturated rings. The summed E-state index contributed by atoms with van der Waals surface area (Å²) in [6.07, 6.45) is 4.03. The van der Waals surface area contributed by atoms with Gasteiger partial charge < -0.3 is 15.2 Å². The Kier molecular flexibility index (Phi) is 8.34. The number of ether oxygens (including phenoxy) is 1. The predicted octanol–water partition coefficient (Wildman–Crippen LogP) is 3.65. The van der Waals surface area contributed by atoms with Crippen LogP contribution in [0.2, 0.25) is 5.02 Å². The SMILES string of the molecule is CNS(=O)(=O)O[C@@H]1C[C@H](Nc2ncncc2C(=O)c2cc([C@]3(c4cccc(Cl)c4)CCCCO3)cs2)C[C@@H]1O. The van der Waals surface area contributed by atoms with Crippen LogP contribution in [0, 0.1) is 0 Å². The third-order valence-corrected chi connectivity index (χ3v) is 9.29. The Morgan fingerprint density at radius 1 is 1.26 bits per heavy atom. The van der Waals surface area contributed by atoms with E-state index in [2.05, 4.69) is 20.0 Å². The van der Waals surface area contributed by atoms with Crippen molar-refractivity contribution in [2.75, 3.05) is 19.0 Å². The number of aliphatic hydroxyl groups is 1. The summed E-state index contributed by atoms with van der Waals surface area (Å²) in [4.78, 5) is 22.5. The second-order valence-electron chi connectivity index (χ2n) is 9.63. The fourth-order valence-corrected chi connectivity index (χ4v) is 6.91. The lowest BCUT2D eigenvalue weighted by atomic mass is 9.81. The van der Waals surface area contributed by atoms with Crippen molar-refractivity contribution in [3.8, 4) is 0 Å². The largest absolute Gasteiger partial charge is 0.390 e. The molecule has 1 aromatic carbocycles. The smallest absolute Gasteiger partial charge is 0.335 e. The fraction of sp³-hybridized carbons (Fsp3) is 0.423. The molecule has 2 aromatic heterocycles. The summed E-state index contributed by atoms with van der Waals surface area (Å²) in [6.45, 7) is 0.611. The zero-order valence-corrected chi connectivity index (χ0v) is 23.6. The van der Waals surface area contributed by atoms with Gasteiger partial charge in [0.25, 0.3) is 0 Å². The first-order valence-corrected chi connectivity index (χ1v) is 15.3. The van der Waals surface area contributed by atoms with Gasteiger partial charge >= 0.3 is 10.3 Å². The van der Waals surface area contributed by atoms with E-state index >= 15 is 0 Å². The Morgan fingerprint density at radius 2 is 2.10 bits per heavy atom. The number of aromatic nitrogens is 2. The van der Waals surface area contributed by atoms with Gasteiger partial charge in [-0.15, -0.1) is 11.3 Å². The van der Waals surface area contributed by atoms with Gasteiger partial charge in [-0.1, -0.05) is 23.7 Å². The number of carbonyl (C=O) groups excluding carboxylic acids is 1. The standard InChI is InChI=1S/C26H29ClN4O6S2/c1-28-39(34,35)37-22-12-19(11-21(22)32)31-25-20(13-29-15-30-25)24(33)23-10-17(14-38-23)26(7-2-3-8-36-26)16-5-4-6-18(27)9-16/h4-6,9-10,13-15,19,21-22,28,32H,2-3,7-8,11-12H2,1H3,(H,29,30,31)/t19-,21+,22-,26-/m1/s1. The van der Waals surface area contributed by atoms with Gasteiger partial charge in [0.05, 0.1) is 16.5 Å². The topological polar surface area (TPSA) is 140 Å². The summed E-state index contributed by atoms with van der Waals surface area (Å²) in [5.74, 6) is 0.0493. The third-order valence-electron chi connectivity index (χ3n) is 7.12. The number of aliphatic hydroxyl groups excluding tert-OH is 1. The van der Waals surface area contributed by atoms with E-state index in [1.165, 1.54) is 30.9 Å². The second-order valence-corrected chi connectivity index (χ2v) is 12.5. The Bertz CT molecular complexity index is 1440. The van der Waals surface area contributed by atoms with Crippen LogP contribution in [-0.4, -0.2) is 61.2 Å². The molecule has 1 aliphatic heterocycles. The maximum Gasteiger partial charge on any atom is 0.335 e.